The van der Waals surface area contributed by atoms with Crippen molar-refractivity contribution in [1.82, 2.24) is 4.31 Å². The van der Waals surface area contributed by atoms with Crippen molar-refractivity contribution >= 4 is 17.9 Å². The van der Waals surface area contributed by atoms with Gasteiger partial charge in [-0.2, -0.15) is 0 Å². The summed E-state index contributed by atoms with van der Waals surface area (Å²) in [7, 11) is 0. The van der Waals surface area contributed by atoms with E-state index in [9.17, 15) is 4.79 Å². The average molecular weight is 250 g/mol. The average Bonchev–Trinajstić information content (AvgIpc) is 2.38. The van der Waals surface area contributed by atoms with Crippen LogP contribution < -0.4 is 5.73 Å². The quantitative estimate of drug-likeness (QED) is 0.833. The van der Waals surface area contributed by atoms with E-state index in [0.29, 0.717) is 0 Å². The molecule has 1 heterocycles. The molecule has 1 aliphatic heterocycles. The van der Waals surface area contributed by atoms with E-state index < -0.39 is 0 Å². The summed E-state index contributed by atoms with van der Waals surface area (Å²) in [6, 6.07) is 10.2. The number of benzene rings is 1. The molecule has 0 bridgehead atoms. The monoisotopic (exact) mass is 250 g/mol. The molecule has 0 aromatic heterocycles. The second-order valence-electron chi connectivity index (χ2n) is 4.31. The standard InChI is InChI=1S/C13H18N2OS/c14-13(16)12-8-4-5-9-15(12)17-10-11-6-2-1-3-7-11/h1-3,6-7,12H,4-5,8-10H2,(H2,14,16)/t12-/m0/s1. The molecule has 0 unspecified atom stereocenters. The number of carbonyl (C=O) groups excluding carboxylic acids is 1. The highest BCUT2D eigenvalue weighted by Crippen LogP contribution is 2.26. The molecular weight excluding hydrogens is 232 g/mol. The minimum atomic E-state index is -0.190. The van der Waals surface area contributed by atoms with Gasteiger partial charge in [0.1, 0.15) is 0 Å². The molecule has 0 radical (unpaired) electrons. The Kier molecular flexibility index (Phi) is 4.45. The summed E-state index contributed by atoms with van der Waals surface area (Å²) in [5, 5.41) is 0. The number of nitrogens with zero attached hydrogens (tertiary/aromatic N) is 1. The minimum absolute atomic E-state index is 0.0857. The maximum atomic E-state index is 11.3. The molecule has 1 aromatic rings. The first-order valence-corrected chi connectivity index (χ1v) is 6.94. The first-order valence-electron chi connectivity index (χ1n) is 6.00. The van der Waals surface area contributed by atoms with Crippen LogP contribution in [0, 0.1) is 0 Å². The molecule has 0 saturated carbocycles. The summed E-state index contributed by atoms with van der Waals surface area (Å²) in [6.07, 6.45) is 3.17. The first kappa shape index (κ1) is 12.5. The molecule has 0 spiro atoms. The zero-order valence-electron chi connectivity index (χ0n) is 9.84. The summed E-state index contributed by atoms with van der Waals surface area (Å²) in [5.74, 6) is 0.718. The van der Waals surface area contributed by atoms with Crippen LogP contribution in [0.2, 0.25) is 0 Å². The molecule has 1 aliphatic rings. The van der Waals surface area contributed by atoms with E-state index in [0.717, 1.165) is 31.6 Å². The van der Waals surface area contributed by atoms with Gasteiger partial charge in [0.15, 0.2) is 0 Å². The van der Waals surface area contributed by atoms with Gasteiger partial charge < -0.3 is 5.73 Å². The molecule has 2 N–H and O–H groups in total. The number of hydrogen-bond acceptors (Lipinski definition) is 3. The molecule has 1 amide bonds. The van der Waals surface area contributed by atoms with Crippen molar-refractivity contribution in [1.29, 1.82) is 0 Å². The predicted molar refractivity (Wildman–Crippen MR) is 71.3 cm³/mol. The number of rotatable bonds is 4. The van der Waals surface area contributed by atoms with Crippen molar-refractivity contribution in [3.05, 3.63) is 35.9 Å². The Bertz CT molecular complexity index is 369. The van der Waals surface area contributed by atoms with Crippen molar-refractivity contribution in [3.8, 4) is 0 Å². The molecule has 17 heavy (non-hydrogen) atoms. The van der Waals surface area contributed by atoms with Crippen LogP contribution in [-0.4, -0.2) is 22.8 Å². The van der Waals surface area contributed by atoms with E-state index in [-0.39, 0.29) is 11.9 Å². The van der Waals surface area contributed by atoms with Crippen LogP contribution in [0.3, 0.4) is 0 Å². The summed E-state index contributed by atoms with van der Waals surface area (Å²) < 4.78 is 2.15. The van der Waals surface area contributed by atoms with Gasteiger partial charge in [-0.3, -0.25) is 4.79 Å². The van der Waals surface area contributed by atoms with Gasteiger partial charge in [-0.25, -0.2) is 4.31 Å². The van der Waals surface area contributed by atoms with Crippen molar-refractivity contribution in [2.75, 3.05) is 6.54 Å². The topological polar surface area (TPSA) is 46.3 Å². The molecule has 2 rings (SSSR count). The van der Waals surface area contributed by atoms with Crippen LogP contribution in [-0.2, 0) is 10.5 Å². The molecule has 4 heteroatoms. The second-order valence-corrected chi connectivity index (χ2v) is 5.33. The van der Waals surface area contributed by atoms with Gasteiger partial charge in [0.25, 0.3) is 0 Å². The lowest BCUT2D eigenvalue weighted by Crippen LogP contribution is -2.44. The third kappa shape index (κ3) is 3.48. The van der Waals surface area contributed by atoms with E-state index >= 15 is 0 Å². The fourth-order valence-electron chi connectivity index (χ4n) is 2.08. The lowest BCUT2D eigenvalue weighted by atomic mass is 10.0. The van der Waals surface area contributed by atoms with Crippen LogP contribution in [0.25, 0.3) is 0 Å². The van der Waals surface area contributed by atoms with E-state index in [4.69, 9.17) is 5.73 Å². The normalized spacial score (nSPS) is 21.3. The van der Waals surface area contributed by atoms with Gasteiger partial charge in [0, 0.05) is 12.3 Å². The Morgan fingerprint density at radius 1 is 1.35 bits per heavy atom. The maximum Gasteiger partial charge on any atom is 0.235 e. The fourth-order valence-corrected chi connectivity index (χ4v) is 3.23. The summed E-state index contributed by atoms with van der Waals surface area (Å²) in [5.41, 5.74) is 6.72. The number of primary amides is 1. The zero-order valence-corrected chi connectivity index (χ0v) is 10.7. The van der Waals surface area contributed by atoms with E-state index in [1.165, 1.54) is 5.56 Å². The largest absolute Gasteiger partial charge is 0.368 e. The number of hydrogen-bond donors (Lipinski definition) is 1. The Balaban J connectivity index is 1.90. The molecule has 0 aliphatic carbocycles. The summed E-state index contributed by atoms with van der Waals surface area (Å²) in [6.45, 7) is 0.963. The van der Waals surface area contributed by atoms with E-state index in [1.54, 1.807) is 11.9 Å². The summed E-state index contributed by atoms with van der Waals surface area (Å²) >= 11 is 1.72. The van der Waals surface area contributed by atoms with Crippen LogP contribution in [0.15, 0.2) is 30.3 Å². The maximum absolute atomic E-state index is 11.3. The van der Waals surface area contributed by atoms with Gasteiger partial charge >= 0.3 is 0 Å². The number of amides is 1. The first-order chi connectivity index (χ1) is 8.27. The van der Waals surface area contributed by atoms with Gasteiger partial charge in [-0.05, 0) is 18.4 Å². The molecule has 1 aromatic carbocycles. The Labute approximate surface area is 106 Å². The highest BCUT2D eigenvalue weighted by atomic mass is 32.2. The van der Waals surface area contributed by atoms with E-state index in [1.807, 2.05) is 18.2 Å². The van der Waals surface area contributed by atoms with Crippen molar-refractivity contribution in [2.45, 2.75) is 31.1 Å². The van der Waals surface area contributed by atoms with Gasteiger partial charge in [0.05, 0.1) is 6.04 Å². The second kappa shape index (κ2) is 6.07. The minimum Gasteiger partial charge on any atom is -0.368 e. The number of carbonyl (C=O) groups is 1. The Morgan fingerprint density at radius 3 is 2.82 bits per heavy atom. The van der Waals surface area contributed by atoms with Gasteiger partial charge in [-0.15, -0.1) is 0 Å². The Hall–Kier alpha value is -1.00. The number of piperidine rings is 1. The van der Waals surface area contributed by atoms with Crippen molar-refractivity contribution in [3.63, 3.8) is 0 Å². The number of nitrogens with two attached hydrogens (primary N) is 1. The molecule has 92 valence electrons. The Morgan fingerprint density at radius 2 is 2.12 bits per heavy atom. The lowest BCUT2D eigenvalue weighted by molar-refractivity contribution is -0.122. The van der Waals surface area contributed by atoms with Crippen molar-refractivity contribution in [2.24, 2.45) is 5.73 Å². The molecule has 1 atom stereocenters. The smallest absolute Gasteiger partial charge is 0.235 e. The van der Waals surface area contributed by atoms with Gasteiger partial charge in [0.2, 0.25) is 5.91 Å². The highest BCUT2D eigenvalue weighted by molar-refractivity contribution is 7.96. The van der Waals surface area contributed by atoms with E-state index in [2.05, 4.69) is 16.4 Å². The van der Waals surface area contributed by atoms with Crippen LogP contribution in [0.5, 0.6) is 0 Å². The van der Waals surface area contributed by atoms with Crippen molar-refractivity contribution < 1.29 is 4.79 Å². The molecular formula is C13H18N2OS. The third-order valence-corrected chi connectivity index (χ3v) is 4.25. The highest BCUT2D eigenvalue weighted by Gasteiger charge is 2.27. The third-order valence-electron chi connectivity index (χ3n) is 3.02. The lowest BCUT2D eigenvalue weighted by Gasteiger charge is -2.32. The fraction of sp³-hybridized carbons (Fsp3) is 0.462. The van der Waals surface area contributed by atoms with Crippen LogP contribution in [0.1, 0.15) is 24.8 Å². The predicted octanol–water partition coefficient (Wildman–Crippen LogP) is 2.17. The summed E-state index contributed by atoms with van der Waals surface area (Å²) in [4.78, 5) is 11.3. The van der Waals surface area contributed by atoms with Gasteiger partial charge in [-0.1, -0.05) is 48.7 Å². The molecule has 1 fully saturated rings. The molecule has 3 nitrogen and oxygen atoms in total. The molecule has 1 saturated heterocycles. The SMILES string of the molecule is NC(=O)[C@@H]1CCCCN1SCc1ccccc1. The zero-order chi connectivity index (χ0) is 12.1. The van der Waals surface area contributed by atoms with Crippen LogP contribution >= 0.6 is 11.9 Å². The van der Waals surface area contributed by atoms with Crippen LogP contribution in [0.4, 0.5) is 0 Å².